The zero-order chi connectivity index (χ0) is 17.2. The number of fused-ring (bicyclic) bond motifs is 1. The van der Waals surface area contributed by atoms with Gasteiger partial charge in [0, 0.05) is 31.5 Å². The second-order valence-corrected chi connectivity index (χ2v) is 6.94. The highest BCUT2D eigenvalue weighted by Gasteiger charge is 2.20. The first kappa shape index (κ1) is 16.2. The zero-order valence-electron chi connectivity index (χ0n) is 13.8. The Morgan fingerprint density at radius 3 is 2.84 bits per heavy atom. The summed E-state index contributed by atoms with van der Waals surface area (Å²) in [6.07, 6.45) is 7.45. The summed E-state index contributed by atoms with van der Waals surface area (Å²) >= 11 is 5.94. The van der Waals surface area contributed by atoms with Crippen LogP contribution in [0, 0.1) is 5.92 Å². The van der Waals surface area contributed by atoms with E-state index in [1.807, 2.05) is 10.9 Å². The lowest BCUT2D eigenvalue weighted by Crippen LogP contribution is -2.35. The third-order valence-electron chi connectivity index (χ3n) is 4.69. The molecule has 7 nitrogen and oxygen atoms in total. The second kappa shape index (κ2) is 6.93. The number of halogens is 1. The van der Waals surface area contributed by atoms with E-state index in [0.717, 1.165) is 38.2 Å². The summed E-state index contributed by atoms with van der Waals surface area (Å²) in [7, 11) is 0. The lowest BCUT2D eigenvalue weighted by Gasteiger charge is -2.31. The number of pyridine rings is 1. The first-order chi connectivity index (χ1) is 12.2. The van der Waals surface area contributed by atoms with Gasteiger partial charge in [0.1, 0.15) is 5.65 Å². The van der Waals surface area contributed by atoms with Crippen molar-refractivity contribution >= 4 is 17.2 Å². The van der Waals surface area contributed by atoms with Gasteiger partial charge in [-0.1, -0.05) is 16.8 Å². The van der Waals surface area contributed by atoms with Crippen molar-refractivity contribution in [2.75, 3.05) is 13.1 Å². The standard InChI is InChI=1S/C17H19ClN6O/c18-14-1-2-16-20-15(9-17(25)24(16)11-14)12-22-6-3-13(4-7-22)10-23-8-5-19-21-23/h1-2,5,8-9,11,13H,3-4,6-7,10,12H2. The van der Waals surface area contributed by atoms with Crippen LogP contribution in [0.25, 0.3) is 5.65 Å². The van der Waals surface area contributed by atoms with Gasteiger partial charge in [0.25, 0.3) is 5.56 Å². The van der Waals surface area contributed by atoms with E-state index in [-0.39, 0.29) is 5.56 Å². The van der Waals surface area contributed by atoms with Crippen LogP contribution in [0.2, 0.25) is 5.02 Å². The average molecular weight is 359 g/mol. The summed E-state index contributed by atoms with van der Waals surface area (Å²) in [6.45, 7) is 3.62. The molecule has 0 aromatic carbocycles. The number of likely N-dealkylation sites (tertiary alicyclic amines) is 1. The number of piperidine rings is 1. The fourth-order valence-electron chi connectivity index (χ4n) is 3.36. The molecule has 130 valence electrons. The minimum atomic E-state index is -0.0939. The summed E-state index contributed by atoms with van der Waals surface area (Å²) in [5.74, 6) is 0.621. The van der Waals surface area contributed by atoms with Crippen molar-refractivity contribution < 1.29 is 0 Å². The van der Waals surface area contributed by atoms with Gasteiger partial charge in [-0.25, -0.2) is 4.98 Å². The van der Waals surface area contributed by atoms with E-state index in [1.54, 1.807) is 30.6 Å². The molecule has 0 unspecified atom stereocenters. The van der Waals surface area contributed by atoms with E-state index in [2.05, 4.69) is 20.2 Å². The maximum absolute atomic E-state index is 12.3. The SMILES string of the molecule is O=c1cc(CN2CCC(Cn3ccnn3)CC2)nc2ccc(Cl)cn12. The number of rotatable bonds is 4. The summed E-state index contributed by atoms with van der Waals surface area (Å²) in [5, 5.41) is 8.42. The first-order valence-electron chi connectivity index (χ1n) is 8.42. The molecule has 8 heteroatoms. The Bertz CT molecular complexity index is 915. The Balaban J connectivity index is 1.41. The molecule has 3 aromatic heterocycles. The minimum absolute atomic E-state index is 0.0939. The minimum Gasteiger partial charge on any atom is -0.297 e. The first-order valence-corrected chi connectivity index (χ1v) is 8.79. The average Bonchev–Trinajstić information content (AvgIpc) is 3.10. The predicted molar refractivity (Wildman–Crippen MR) is 94.5 cm³/mol. The Kier molecular flexibility index (Phi) is 4.50. The number of hydrogen-bond acceptors (Lipinski definition) is 5. The van der Waals surface area contributed by atoms with Gasteiger partial charge in [-0.3, -0.25) is 18.8 Å². The molecule has 0 spiro atoms. The molecule has 1 aliphatic heterocycles. The fraction of sp³-hybridized carbons (Fsp3) is 0.412. The van der Waals surface area contributed by atoms with Crippen LogP contribution < -0.4 is 5.56 Å². The van der Waals surface area contributed by atoms with Gasteiger partial charge in [0.15, 0.2) is 0 Å². The molecule has 1 aliphatic rings. The molecule has 1 fully saturated rings. The lowest BCUT2D eigenvalue weighted by atomic mass is 9.97. The third kappa shape index (κ3) is 3.72. The van der Waals surface area contributed by atoms with Crippen LogP contribution in [0.3, 0.4) is 0 Å². The molecule has 0 radical (unpaired) electrons. The highest BCUT2D eigenvalue weighted by atomic mass is 35.5. The van der Waals surface area contributed by atoms with Crippen LogP contribution in [0.4, 0.5) is 0 Å². The van der Waals surface area contributed by atoms with Crippen molar-refractivity contribution in [1.82, 2.24) is 29.3 Å². The van der Waals surface area contributed by atoms with Gasteiger partial charge >= 0.3 is 0 Å². The maximum Gasteiger partial charge on any atom is 0.258 e. The Hall–Kier alpha value is -2.25. The van der Waals surface area contributed by atoms with Crippen molar-refractivity contribution in [3.8, 4) is 0 Å². The van der Waals surface area contributed by atoms with E-state index < -0.39 is 0 Å². The molecule has 0 amide bonds. The normalized spacial score (nSPS) is 16.5. The van der Waals surface area contributed by atoms with Crippen molar-refractivity contribution in [3.63, 3.8) is 0 Å². The monoisotopic (exact) mass is 358 g/mol. The van der Waals surface area contributed by atoms with Gasteiger partial charge < -0.3 is 0 Å². The predicted octanol–water partition coefficient (Wildman–Crippen LogP) is 1.85. The summed E-state index contributed by atoms with van der Waals surface area (Å²) in [4.78, 5) is 19.2. The Morgan fingerprint density at radius 2 is 2.08 bits per heavy atom. The Morgan fingerprint density at radius 1 is 1.24 bits per heavy atom. The van der Waals surface area contributed by atoms with Gasteiger partial charge in [-0.05, 0) is 44.0 Å². The van der Waals surface area contributed by atoms with E-state index in [9.17, 15) is 4.79 Å². The van der Waals surface area contributed by atoms with Crippen molar-refractivity contribution in [2.45, 2.75) is 25.9 Å². The van der Waals surface area contributed by atoms with Crippen LogP contribution in [0.15, 0.2) is 41.6 Å². The number of nitrogens with zero attached hydrogens (tertiary/aromatic N) is 6. The molecular formula is C17H19ClN6O. The molecule has 3 aromatic rings. The second-order valence-electron chi connectivity index (χ2n) is 6.51. The topological polar surface area (TPSA) is 68.3 Å². The molecule has 4 rings (SSSR count). The van der Waals surface area contributed by atoms with Gasteiger partial charge in [-0.2, -0.15) is 0 Å². The molecule has 0 N–H and O–H groups in total. The molecule has 0 aliphatic carbocycles. The molecule has 25 heavy (non-hydrogen) atoms. The fourth-order valence-corrected chi connectivity index (χ4v) is 3.52. The summed E-state index contributed by atoms with van der Waals surface area (Å²) < 4.78 is 3.38. The highest BCUT2D eigenvalue weighted by molar-refractivity contribution is 6.30. The molecule has 0 saturated carbocycles. The van der Waals surface area contributed by atoms with Crippen LogP contribution >= 0.6 is 11.6 Å². The van der Waals surface area contributed by atoms with Gasteiger partial charge in [-0.15, -0.1) is 5.10 Å². The zero-order valence-corrected chi connectivity index (χ0v) is 14.5. The lowest BCUT2D eigenvalue weighted by molar-refractivity contribution is 0.162. The Labute approximate surface area is 149 Å². The van der Waals surface area contributed by atoms with Gasteiger partial charge in [0.2, 0.25) is 0 Å². The quantitative estimate of drug-likeness (QED) is 0.712. The van der Waals surface area contributed by atoms with Crippen molar-refractivity contribution in [3.05, 3.63) is 57.9 Å². The van der Waals surface area contributed by atoms with Crippen LogP contribution in [-0.2, 0) is 13.1 Å². The van der Waals surface area contributed by atoms with E-state index in [4.69, 9.17) is 11.6 Å². The van der Waals surface area contributed by atoms with Crippen molar-refractivity contribution in [2.24, 2.45) is 5.92 Å². The molecule has 1 saturated heterocycles. The molecule has 0 atom stereocenters. The highest BCUT2D eigenvalue weighted by Crippen LogP contribution is 2.20. The maximum atomic E-state index is 12.3. The summed E-state index contributed by atoms with van der Waals surface area (Å²) in [6, 6.07) is 5.13. The summed E-state index contributed by atoms with van der Waals surface area (Å²) in [5.41, 5.74) is 1.35. The molecular weight excluding hydrogens is 340 g/mol. The molecule has 0 bridgehead atoms. The van der Waals surface area contributed by atoms with E-state index >= 15 is 0 Å². The van der Waals surface area contributed by atoms with Crippen LogP contribution in [-0.4, -0.2) is 42.4 Å². The smallest absolute Gasteiger partial charge is 0.258 e. The van der Waals surface area contributed by atoms with Gasteiger partial charge in [0.05, 0.1) is 16.9 Å². The van der Waals surface area contributed by atoms with Crippen LogP contribution in [0.5, 0.6) is 0 Å². The number of aromatic nitrogens is 5. The molecule has 4 heterocycles. The van der Waals surface area contributed by atoms with Crippen LogP contribution in [0.1, 0.15) is 18.5 Å². The van der Waals surface area contributed by atoms with Crippen molar-refractivity contribution in [1.29, 1.82) is 0 Å². The van der Waals surface area contributed by atoms with E-state index in [1.165, 1.54) is 4.40 Å². The van der Waals surface area contributed by atoms with E-state index in [0.29, 0.717) is 23.1 Å². The number of hydrogen-bond donors (Lipinski definition) is 0. The third-order valence-corrected chi connectivity index (χ3v) is 4.91. The largest absolute Gasteiger partial charge is 0.297 e.